The van der Waals surface area contributed by atoms with E-state index >= 15 is 0 Å². The van der Waals surface area contributed by atoms with Crippen LogP contribution >= 0.6 is 0 Å². The van der Waals surface area contributed by atoms with Crippen molar-refractivity contribution in [2.45, 2.75) is 63.7 Å². The Morgan fingerprint density at radius 2 is 1.00 bits per heavy atom. The highest BCUT2D eigenvalue weighted by Gasteiger charge is 2.33. The van der Waals surface area contributed by atoms with Crippen LogP contribution in [-0.4, -0.2) is 86.2 Å². The number of carboxylic acids is 4. The number of carbonyl (C=O) groups excluding carboxylic acids is 3. The molecule has 0 radical (unpaired) electrons. The fourth-order valence-corrected chi connectivity index (χ4v) is 2.47. The number of nitrogens with one attached hydrogen (secondary N) is 3. The quantitative estimate of drug-likeness (QED) is 0.120. The molecule has 15 heteroatoms. The number of amides is 3. The third-order valence-electron chi connectivity index (χ3n) is 4.58. The molecule has 33 heavy (non-hydrogen) atoms. The highest BCUT2D eigenvalue weighted by atomic mass is 16.4. The van der Waals surface area contributed by atoms with Gasteiger partial charge in [-0.05, 0) is 5.92 Å². The Kier molecular flexibility index (Phi) is 12.1. The molecule has 3 amide bonds. The number of hydrogen-bond donors (Lipinski definition) is 8. The first-order valence-corrected chi connectivity index (χ1v) is 9.74. The number of nitrogens with two attached hydrogens (primary N) is 1. The van der Waals surface area contributed by atoms with Crippen LogP contribution in [-0.2, 0) is 33.6 Å². The number of rotatable bonds is 15. The van der Waals surface area contributed by atoms with Crippen molar-refractivity contribution in [2.24, 2.45) is 11.7 Å². The van der Waals surface area contributed by atoms with Crippen LogP contribution in [0.2, 0.25) is 0 Å². The molecular weight excluding hydrogens is 448 g/mol. The van der Waals surface area contributed by atoms with Gasteiger partial charge in [0.25, 0.3) is 0 Å². The van der Waals surface area contributed by atoms with Gasteiger partial charge in [0.15, 0.2) is 0 Å². The van der Waals surface area contributed by atoms with Gasteiger partial charge in [0.2, 0.25) is 17.7 Å². The van der Waals surface area contributed by atoms with Crippen molar-refractivity contribution < 1.29 is 54.0 Å². The van der Waals surface area contributed by atoms with E-state index in [0.29, 0.717) is 6.42 Å². The van der Waals surface area contributed by atoms with Crippen molar-refractivity contribution in [3.05, 3.63) is 0 Å². The Hall–Kier alpha value is -3.75. The van der Waals surface area contributed by atoms with Gasteiger partial charge in [0, 0.05) is 0 Å². The first-order valence-electron chi connectivity index (χ1n) is 9.74. The Balaban J connectivity index is 5.60. The standard InChI is InChI=1S/C18H28N4O11/c1-3-7(2)14(19)17(31)21-9(5-12(25)26)15(29)20-8(4-11(23)24)16(30)22-10(18(32)33)6-13(27)28/h7-10,14H,3-6,19H2,1-2H3,(H,20,29)(H,21,31)(H,22,30)(H,23,24)(H,25,26)(H,27,28)(H,32,33). The van der Waals surface area contributed by atoms with E-state index in [1.807, 2.05) is 5.32 Å². The molecule has 0 aromatic rings. The summed E-state index contributed by atoms with van der Waals surface area (Å²) in [4.78, 5) is 81.3. The lowest BCUT2D eigenvalue weighted by Gasteiger charge is -2.24. The third kappa shape index (κ3) is 10.9. The van der Waals surface area contributed by atoms with Crippen molar-refractivity contribution in [1.29, 1.82) is 0 Å². The molecule has 0 heterocycles. The molecule has 5 unspecified atom stereocenters. The molecule has 0 saturated heterocycles. The fraction of sp³-hybridized carbons (Fsp3) is 0.611. The van der Waals surface area contributed by atoms with E-state index in [0.717, 1.165) is 0 Å². The summed E-state index contributed by atoms with van der Waals surface area (Å²) in [5.41, 5.74) is 5.75. The minimum Gasteiger partial charge on any atom is -0.481 e. The van der Waals surface area contributed by atoms with Gasteiger partial charge >= 0.3 is 23.9 Å². The molecule has 0 aromatic heterocycles. The van der Waals surface area contributed by atoms with Crippen molar-refractivity contribution in [3.8, 4) is 0 Å². The summed E-state index contributed by atoms with van der Waals surface area (Å²) in [5, 5.41) is 41.7. The SMILES string of the molecule is CCC(C)C(N)C(=O)NC(CC(=O)O)C(=O)NC(CC(=O)O)C(=O)NC(CC(=O)O)C(=O)O. The molecule has 0 aliphatic carbocycles. The van der Waals surface area contributed by atoms with E-state index in [1.54, 1.807) is 19.2 Å². The zero-order valence-electron chi connectivity index (χ0n) is 17.9. The van der Waals surface area contributed by atoms with Crippen LogP contribution in [0.1, 0.15) is 39.5 Å². The maximum atomic E-state index is 12.6. The van der Waals surface area contributed by atoms with Crippen LogP contribution in [0.5, 0.6) is 0 Å². The third-order valence-corrected chi connectivity index (χ3v) is 4.58. The fourth-order valence-electron chi connectivity index (χ4n) is 2.47. The maximum Gasteiger partial charge on any atom is 0.326 e. The van der Waals surface area contributed by atoms with E-state index < -0.39 is 85.0 Å². The van der Waals surface area contributed by atoms with E-state index in [1.165, 1.54) is 0 Å². The van der Waals surface area contributed by atoms with E-state index in [9.17, 15) is 33.6 Å². The number of hydrogen-bond acceptors (Lipinski definition) is 8. The van der Waals surface area contributed by atoms with Gasteiger partial charge in [-0.25, -0.2) is 4.79 Å². The Bertz CT molecular complexity index is 785. The Labute approximate surface area is 187 Å². The van der Waals surface area contributed by atoms with E-state index in [-0.39, 0.29) is 5.92 Å². The maximum absolute atomic E-state index is 12.6. The predicted octanol–water partition coefficient (Wildman–Crippen LogP) is -2.68. The van der Waals surface area contributed by atoms with Crippen molar-refractivity contribution in [2.75, 3.05) is 0 Å². The van der Waals surface area contributed by atoms with Gasteiger partial charge in [-0.1, -0.05) is 20.3 Å². The summed E-state index contributed by atoms with van der Waals surface area (Å²) in [6.07, 6.45) is -2.49. The molecule has 186 valence electrons. The number of carbonyl (C=O) groups is 7. The van der Waals surface area contributed by atoms with Crippen molar-refractivity contribution in [3.63, 3.8) is 0 Å². The second kappa shape index (κ2) is 13.6. The second-order valence-electron chi connectivity index (χ2n) is 7.23. The molecule has 15 nitrogen and oxygen atoms in total. The lowest BCUT2D eigenvalue weighted by atomic mass is 9.99. The first kappa shape index (κ1) is 29.2. The summed E-state index contributed by atoms with van der Waals surface area (Å²) in [7, 11) is 0. The Morgan fingerprint density at radius 1 is 0.667 bits per heavy atom. The van der Waals surface area contributed by atoms with Gasteiger partial charge in [-0.3, -0.25) is 28.8 Å². The molecule has 0 saturated carbocycles. The van der Waals surface area contributed by atoms with Crippen molar-refractivity contribution >= 4 is 41.6 Å². The van der Waals surface area contributed by atoms with E-state index in [2.05, 4.69) is 5.32 Å². The summed E-state index contributed by atoms with van der Waals surface area (Å²) in [6.45, 7) is 3.41. The van der Waals surface area contributed by atoms with Crippen LogP contribution in [0, 0.1) is 5.92 Å². The normalized spacial score (nSPS) is 15.1. The van der Waals surface area contributed by atoms with Crippen LogP contribution in [0.3, 0.4) is 0 Å². The monoisotopic (exact) mass is 476 g/mol. The van der Waals surface area contributed by atoms with Gasteiger partial charge in [0.1, 0.15) is 18.1 Å². The summed E-state index contributed by atoms with van der Waals surface area (Å²) < 4.78 is 0. The molecule has 0 spiro atoms. The largest absolute Gasteiger partial charge is 0.481 e. The molecule has 0 aliphatic heterocycles. The molecule has 0 fully saturated rings. The van der Waals surface area contributed by atoms with Gasteiger partial charge in [0.05, 0.1) is 25.3 Å². The average molecular weight is 476 g/mol. The Morgan fingerprint density at radius 3 is 1.33 bits per heavy atom. The zero-order chi connectivity index (χ0) is 25.9. The topological polar surface area (TPSA) is 263 Å². The molecule has 0 rings (SSSR count). The predicted molar refractivity (Wildman–Crippen MR) is 108 cm³/mol. The van der Waals surface area contributed by atoms with Crippen molar-refractivity contribution in [1.82, 2.24) is 16.0 Å². The molecule has 5 atom stereocenters. The minimum absolute atomic E-state index is 0.314. The van der Waals surface area contributed by atoms with Crippen LogP contribution in [0.15, 0.2) is 0 Å². The summed E-state index contributed by atoms with van der Waals surface area (Å²) >= 11 is 0. The van der Waals surface area contributed by atoms with Crippen LogP contribution in [0.25, 0.3) is 0 Å². The second-order valence-corrected chi connectivity index (χ2v) is 7.23. The summed E-state index contributed by atoms with van der Waals surface area (Å²) in [5.74, 6) is -10.1. The number of carboxylic acid groups (broad SMARTS) is 4. The molecule has 0 bridgehead atoms. The molecule has 0 aromatic carbocycles. The summed E-state index contributed by atoms with van der Waals surface area (Å²) in [6, 6.07) is -6.64. The van der Waals surface area contributed by atoms with Crippen LogP contribution < -0.4 is 21.7 Å². The van der Waals surface area contributed by atoms with Gasteiger partial charge in [-0.15, -0.1) is 0 Å². The average Bonchev–Trinajstić information content (AvgIpc) is 2.69. The lowest BCUT2D eigenvalue weighted by molar-refractivity contribution is -0.148. The molecular formula is C18H28N4O11. The highest BCUT2D eigenvalue weighted by molar-refractivity contribution is 5.97. The smallest absolute Gasteiger partial charge is 0.326 e. The molecule has 0 aliphatic rings. The zero-order valence-corrected chi connectivity index (χ0v) is 17.9. The van der Waals surface area contributed by atoms with Gasteiger partial charge < -0.3 is 42.1 Å². The molecule has 9 N–H and O–H groups in total. The van der Waals surface area contributed by atoms with Crippen LogP contribution in [0.4, 0.5) is 0 Å². The minimum atomic E-state index is -1.92. The van der Waals surface area contributed by atoms with Gasteiger partial charge in [-0.2, -0.15) is 0 Å². The highest BCUT2D eigenvalue weighted by Crippen LogP contribution is 2.07. The van der Waals surface area contributed by atoms with E-state index in [4.69, 9.17) is 26.2 Å². The number of aliphatic carboxylic acids is 4. The first-order chi connectivity index (χ1) is 15.2. The lowest BCUT2D eigenvalue weighted by Crippen LogP contribution is -2.58.